The molecule has 100 valence electrons. The minimum Gasteiger partial charge on any atom is -0.459 e. The van der Waals surface area contributed by atoms with Crippen molar-refractivity contribution in [2.45, 2.75) is 58.8 Å². The molecule has 4 nitrogen and oxygen atoms in total. The number of ether oxygens (including phenoxy) is 2. The highest BCUT2D eigenvalue weighted by atomic mass is 16.6. The van der Waals surface area contributed by atoms with Gasteiger partial charge in [-0.25, -0.2) is 0 Å². The number of hydrogen-bond donors (Lipinski definition) is 1. The van der Waals surface area contributed by atoms with Gasteiger partial charge in [-0.1, -0.05) is 13.8 Å². The Morgan fingerprint density at radius 3 is 2.29 bits per heavy atom. The summed E-state index contributed by atoms with van der Waals surface area (Å²) in [4.78, 5) is 11.4. The Bertz CT molecular complexity index is 249. The van der Waals surface area contributed by atoms with Crippen molar-refractivity contribution in [2.75, 3.05) is 6.61 Å². The lowest BCUT2D eigenvalue weighted by Gasteiger charge is -2.28. The van der Waals surface area contributed by atoms with E-state index in [-0.39, 0.29) is 18.2 Å². The summed E-state index contributed by atoms with van der Waals surface area (Å²) in [6.07, 6.45) is 2.24. The zero-order valence-corrected chi connectivity index (χ0v) is 11.3. The molecular weight excluding hydrogens is 218 g/mol. The van der Waals surface area contributed by atoms with Crippen molar-refractivity contribution in [3.63, 3.8) is 0 Å². The van der Waals surface area contributed by atoms with Crippen LogP contribution in [0.25, 0.3) is 0 Å². The molecule has 0 aromatic rings. The van der Waals surface area contributed by atoms with Crippen molar-refractivity contribution in [3.05, 3.63) is 0 Å². The predicted octanol–water partition coefficient (Wildman–Crippen LogP) is 1.72. The van der Waals surface area contributed by atoms with Gasteiger partial charge in [-0.2, -0.15) is 0 Å². The third-order valence-corrected chi connectivity index (χ3v) is 3.01. The number of nitrogens with two attached hydrogens (primary N) is 1. The summed E-state index contributed by atoms with van der Waals surface area (Å²) in [6.45, 7) is 8.44. The van der Waals surface area contributed by atoms with Gasteiger partial charge in [0.05, 0.1) is 6.10 Å². The molecular formula is C13H25NO3. The molecule has 0 aromatic heterocycles. The fourth-order valence-electron chi connectivity index (χ4n) is 1.76. The molecule has 17 heavy (non-hydrogen) atoms. The van der Waals surface area contributed by atoms with Crippen LogP contribution in [0, 0.1) is 11.8 Å². The summed E-state index contributed by atoms with van der Waals surface area (Å²) in [5.74, 6) is 0.676. The van der Waals surface area contributed by atoms with Crippen molar-refractivity contribution in [1.82, 2.24) is 0 Å². The highest BCUT2D eigenvalue weighted by molar-refractivity contribution is 5.75. The molecule has 0 bridgehead atoms. The molecule has 4 heteroatoms. The average molecular weight is 243 g/mol. The molecule has 0 aromatic carbocycles. The van der Waals surface area contributed by atoms with Crippen LogP contribution < -0.4 is 5.73 Å². The minimum absolute atomic E-state index is 0.0432. The fourth-order valence-corrected chi connectivity index (χ4v) is 1.76. The van der Waals surface area contributed by atoms with E-state index in [9.17, 15) is 4.79 Å². The maximum absolute atomic E-state index is 11.4. The van der Waals surface area contributed by atoms with Gasteiger partial charge in [-0.3, -0.25) is 4.79 Å². The van der Waals surface area contributed by atoms with E-state index in [1.807, 2.05) is 6.92 Å². The van der Waals surface area contributed by atoms with E-state index in [1.54, 1.807) is 6.92 Å². The third kappa shape index (κ3) is 5.04. The van der Waals surface area contributed by atoms with Crippen LogP contribution in [0.4, 0.5) is 0 Å². The second-order valence-corrected chi connectivity index (χ2v) is 5.42. The highest BCUT2D eigenvalue weighted by Gasteiger charge is 2.29. The molecule has 1 fully saturated rings. The normalized spacial score (nSPS) is 21.1. The average Bonchev–Trinajstić information content (AvgIpc) is 3.00. The summed E-state index contributed by atoms with van der Waals surface area (Å²) >= 11 is 0. The van der Waals surface area contributed by atoms with Crippen molar-refractivity contribution >= 4 is 5.97 Å². The Balaban J connectivity index is 2.40. The molecule has 1 rings (SSSR count). The first-order valence-corrected chi connectivity index (χ1v) is 6.49. The Morgan fingerprint density at radius 2 is 1.88 bits per heavy atom. The second kappa shape index (κ2) is 6.36. The Labute approximate surface area is 104 Å². The molecule has 0 aliphatic heterocycles. The summed E-state index contributed by atoms with van der Waals surface area (Å²) < 4.78 is 11.2. The molecule has 1 aliphatic carbocycles. The van der Waals surface area contributed by atoms with Gasteiger partial charge < -0.3 is 15.2 Å². The molecule has 0 amide bonds. The number of carbonyl (C=O) groups is 1. The van der Waals surface area contributed by atoms with E-state index in [0.717, 1.165) is 6.61 Å². The smallest absolute Gasteiger partial charge is 0.322 e. The van der Waals surface area contributed by atoms with Crippen LogP contribution in [0.5, 0.6) is 0 Å². The Hall–Kier alpha value is -0.610. The van der Waals surface area contributed by atoms with Crippen molar-refractivity contribution in [2.24, 2.45) is 17.6 Å². The van der Waals surface area contributed by atoms with E-state index >= 15 is 0 Å². The van der Waals surface area contributed by atoms with Crippen LogP contribution in [-0.2, 0) is 14.3 Å². The molecule has 1 aliphatic rings. The minimum atomic E-state index is -0.575. The number of hydrogen-bond acceptors (Lipinski definition) is 4. The van der Waals surface area contributed by atoms with Crippen LogP contribution in [0.2, 0.25) is 0 Å². The van der Waals surface area contributed by atoms with Gasteiger partial charge in [-0.05, 0) is 38.5 Å². The number of carbonyl (C=O) groups excluding carboxylic acids is 1. The van der Waals surface area contributed by atoms with Crippen molar-refractivity contribution in [1.29, 1.82) is 0 Å². The maximum atomic E-state index is 11.4. The van der Waals surface area contributed by atoms with E-state index in [2.05, 4.69) is 13.8 Å². The summed E-state index contributed by atoms with van der Waals surface area (Å²) in [7, 11) is 0. The van der Waals surface area contributed by atoms with Crippen LogP contribution >= 0.6 is 0 Å². The zero-order chi connectivity index (χ0) is 13.0. The lowest BCUT2D eigenvalue weighted by Crippen LogP contribution is -2.39. The number of rotatable bonds is 7. The summed E-state index contributed by atoms with van der Waals surface area (Å²) in [6, 6.07) is -0.575. The molecule has 0 saturated heterocycles. The molecule has 0 unspecified atom stereocenters. The van der Waals surface area contributed by atoms with Gasteiger partial charge in [0, 0.05) is 6.61 Å². The molecule has 3 atom stereocenters. The SMILES string of the molecule is CC(C)[C@@H](OCC1CC1)[C@H](C)OC(=O)[C@H](C)N. The molecule has 0 heterocycles. The van der Waals surface area contributed by atoms with E-state index < -0.39 is 6.04 Å². The Kier molecular flexibility index (Phi) is 5.40. The quantitative estimate of drug-likeness (QED) is 0.692. The predicted molar refractivity (Wildman–Crippen MR) is 66.5 cm³/mol. The van der Waals surface area contributed by atoms with Crippen LogP contribution in [0.3, 0.4) is 0 Å². The van der Waals surface area contributed by atoms with Crippen molar-refractivity contribution < 1.29 is 14.3 Å². The van der Waals surface area contributed by atoms with Gasteiger partial charge in [0.1, 0.15) is 12.1 Å². The van der Waals surface area contributed by atoms with Gasteiger partial charge in [0.25, 0.3) is 0 Å². The van der Waals surface area contributed by atoms with E-state index in [4.69, 9.17) is 15.2 Å². The fraction of sp³-hybridized carbons (Fsp3) is 0.923. The zero-order valence-electron chi connectivity index (χ0n) is 11.3. The first-order valence-electron chi connectivity index (χ1n) is 6.49. The monoisotopic (exact) mass is 243 g/mol. The molecule has 2 N–H and O–H groups in total. The largest absolute Gasteiger partial charge is 0.459 e. The van der Waals surface area contributed by atoms with Gasteiger partial charge in [-0.15, -0.1) is 0 Å². The summed E-state index contributed by atoms with van der Waals surface area (Å²) in [5.41, 5.74) is 5.48. The van der Waals surface area contributed by atoms with Crippen LogP contribution in [0.1, 0.15) is 40.5 Å². The first kappa shape index (κ1) is 14.5. The molecule has 0 radical (unpaired) electrons. The van der Waals surface area contributed by atoms with E-state index in [0.29, 0.717) is 11.8 Å². The lowest BCUT2D eigenvalue weighted by molar-refractivity contribution is -0.160. The molecule has 0 spiro atoms. The van der Waals surface area contributed by atoms with E-state index in [1.165, 1.54) is 12.8 Å². The van der Waals surface area contributed by atoms with Crippen LogP contribution in [0.15, 0.2) is 0 Å². The highest BCUT2D eigenvalue weighted by Crippen LogP contribution is 2.30. The third-order valence-electron chi connectivity index (χ3n) is 3.01. The first-order chi connectivity index (χ1) is 7.91. The van der Waals surface area contributed by atoms with Crippen LogP contribution in [-0.4, -0.2) is 30.8 Å². The maximum Gasteiger partial charge on any atom is 0.322 e. The van der Waals surface area contributed by atoms with Gasteiger partial charge in [0.2, 0.25) is 0 Å². The molecule has 1 saturated carbocycles. The topological polar surface area (TPSA) is 61.5 Å². The van der Waals surface area contributed by atoms with Gasteiger partial charge >= 0.3 is 5.97 Å². The lowest BCUT2D eigenvalue weighted by atomic mass is 10.0. The van der Waals surface area contributed by atoms with Crippen molar-refractivity contribution in [3.8, 4) is 0 Å². The standard InChI is InChI=1S/C13H25NO3/c1-8(2)12(16-7-11-5-6-11)10(4)17-13(15)9(3)14/h8-12H,5-7,14H2,1-4H3/t9-,10-,12+/m0/s1. The number of esters is 1. The second-order valence-electron chi connectivity index (χ2n) is 5.42. The van der Waals surface area contributed by atoms with Gasteiger partial charge in [0.15, 0.2) is 0 Å². The summed E-state index contributed by atoms with van der Waals surface area (Å²) in [5, 5.41) is 0. The Morgan fingerprint density at radius 1 is 1.29 bits per heavy atom.